The van der Waals surface area contributed by atoms with Gasteiger partial charge >= 0.3 is 0 Å². The highest BCUT2D eigenvalue weighted by Crippen LogP contribution is 2.09. The van der Waals surface area contributed by atoms with Crippen LogP contribution in [-0.2, 0) is 11.3 Å². The maximum absolute atomic E-state index is 11.9. The molecule has 0 bridgehead atoms. The van der Waals surface area contributed by atoms with E-state index in [1.807, 2.05) is 6.07 Å². The number of primary amides is 1. The van der Waals surface area contributed by atoms with Crippen molar-refractivity contribution >= 4 is 17.5 Å². The van der Waals surface area contributed by atoms with Gasteiger partial charge in [-0.2, -0.15) is 9.83 Å². The molecule has 3 N–H and O–H groups in total. The summed E-state index contributed by atoms with van der Waals surface area (Å²) in [5.41, 5.74) is 6.53. The Kier molecular flexibility index (Phi) is 4.26. The van der Waals surface area contributed by atoms with Crippen LogP contribution in [-0.4, -0.2) is 11.8 Å². The van der Waals surface area contributed by atoms with E-state index in [1.165, 1.54) is 6.20 Å². The average Bonchev–Trinajstić information content (AvgIpc) is 2.47. The molecule has 2 aromatic rings. The highest BCUT2D eigenvalue weighted by atomic mass is 16.2. The van der Waals surface area contributed by atoms with Crippen LogP contribution in [0.15, 0.2) is 48.8 Å². The summed E-state index contributed by atoms with van der Waals surface area (Å²) in [6.45, 7) is 0.0396. The van der Waals surface area contributed by atoms with E-state index in [4.69, 9.17) is 11.0 Å². The molecule has 104 valence electrons. The van der Waals surface area contributed by atoms with Crippen LogP contribution in [0.1, 0.15) is 15.9 Å². The first-order valence-corrected chi connectivity index (χ1v) is 6.17. The molecule has 0 atom stereocenters. The van der Waals surface area contributed by atoms with Gasteiger partial charge in [0.2, 0.25) is 6.54 Å². The van der Waals surface area contributed by atoms with Gasteiger partial charge in [-0.3, -0.25) is 9.59 Å². The molecular formula is C15H13N4O2+. The van der Waals surface area contributed by atoms with Crippen molar-refractivity contribution in [1.29, 1.82) is 5.26 Å². The van der Waals surface area contributed by atoms with Gasteiger partial charge in [-0.15, -0.1) is 0 Å². The van der Waals surface area contributed by atoms with Gasteiger partial charge in [0.15, 0.2) is 12.4 Å². The Labute approximate surface area is 121 Å². The highest BCUT2D eigenvalue weighted by Gasteiger charge is 2.12. The molecule has 1 aromatic carbocycles. The van der Waals surface area contributed by atoms with Crippen LogP contribution >= 0.6 is 0 Å². The summed E-state index contributed by atoms with van der Waals surface area (Å²) in [6, 6.07) is 11.8. The third kappa shape index (κ3) is 3.88. The van der Waals surface area contributed by atoms with Crippen LogP contribution in [0.25, 0.3) is 0 Å². The van der Waals surface area contributed by atoms with E-state index in [2.05, 4.69) is 5.32 Å². The van der Waals surface area contributed by atoms with Gasteiger partial charge in [-0.1, -0.05) is 6.07 Å². The Hall–Kier alpha value is -3.20. The van der Waals surface area contributed by atoms with Crippen LogP contribution in [0.3, 0.4) is 0 Å². The lowest BCUT2D eigenvalue weighted by Crippen LogP contribution is -2.40. The summed E-state index contributed by atoms with van der Waals surface area (Å²) in [4.78, 5) is 23.0. The molecule has 0 saturated carbocycles. The first-order valence-electron chi connectivity index (χ1n) is 6.17. The molecule has 0 aliphatic carbocycles. The van der Waals surface area contributed by atoms with Crippen molar-refractivity contribution in [2.45, 2.75) is 6.54 Å². The van der Waals surface area contributed by atoms with Gasteiger partial charge in [-0.05, 0) is 24.3 Å². The van der Waals surface area contributed by atoms with Crippen LogP contribution in [0.5, 0.6) is 0 Å². The number of rotatable bonds is 4. The summed E-state index contributed by atoms with van der Waals surface area (Å²) in [5.74, 6) is -0.816. The maximum atomic E-state index is 11.9. The predicted molar refractivity (Wildman–Crippen MR) is 74.9 cm³/mol. The van der Waals surface area contributed by atoms with Crippen molar-refractivity contribution in [3.05, 3.63) is 59.9 Å². The molecular weight excluding hydrogens is 268 g/mol. The van der Waals surface area contributed by atoms with Crippen molar-refractivity contribution in [1.82, 2.24) is 0 Å². The van der Waals surface area contributed by atoms with Crippen molar-refractivity contribution in [2.75, 3.05) is 5.32 Å². The van der Waals surface area contributed by atoms with Crippen LogP contribution in [0.2, 0.25) is 0 Å². The molecule has 0 spiro atoms. The Morgan fingerprint density at radius 3 is 2.81 bits per heavy atom. The van der Waals surface area contributed by atoms with Gasteiger partial charge < -0.3 is 11.1 Å². The van der Waals surface area contributed by atoms with E-state index in [1.54, 1.807) is 47.2 Å². The lowest BCUT2D eigenvalue weighted by molar-refractivity contribution is -0.684. The number of anilines is 1. The van der Waals surface area contributed by atoms with Crippen LogP contribution < -0.4 is 15.6 Å². The van der Waals surface area contributed by atoms with E-state index in [0.717, 1.165) is 0 Å². The number of hydrogen-bond acceptors (Lipinski definition) is 3. The number of nitrogens with two attached hydrogens (primary N) is 1. The summed E-state index contributed by atoms with van der Waals surface area (Å²) in [5, 5.41) is 11.5. The van der Waals surface area contributed by atoms with E-state index < -0.39 is 5.91 Å². The molecule has 2 rings (SSSR count). The summed E-state index contributed by atoms with van der Waals surface area (Å²) in [6.07, 6.45) is 3.17. The van der Waals surface area contributed by atoms with Gasteiger partial charge in [-0.25, -0.2) is 0 Å². The smallest absolute Gasteiger partial charge is 0.290 e. The minimum absolute atomic E-state index is 0.0396. The van der Waals surface area contributed by atoms with Gasteiger partial charge in [0.25, 0.3) is 11.8 Å². The Morgan fingerprint density at radius 2 is 2.10 bits per heavy atom. The quantitative estimate of drug-likeness (QED) is 0.802. The molecule has 0 fully saturated rings. The molecule has 1 aromatic heterocycles. The minimum Gasteiger partial charge on any atom is -0.365 e. The number of nitriles is 1. The van der Waals surface area contributed by atoms with E-state index in [0.29, 0.717) is 16.8 Å². The van der Waals surface area contributed by atoms with Crippen LogP contribution in [0.4, 0.5) is 5.69 Å². The fourth-order valence-corrected chi connectivity index (χ4v) is 1.80. The van der Waals surface area contributed by atoms with Gasteiger partial charge in [0, 0.05) is 11.8 Å². The summed E-state index contributed by atoms with van der Waals surface area (Å²) in [7, 11) is 0. The normalized spacial score (nSPS) is 9.67. The standard InChI is InChI=1S/C15H12N4O2/c16-8-11-3-1-5-13(7-11)18-14(20)10-19-6-2-4-12(9-19)15(17)21/h1-7,9H,10H2,(H2-,17,18,20,21)/p+1. The van der Waals surface area contributed by atoms with Crippen LogP contribution in [0, 0.1) is 11.3 Å². The zero-order valence-electron chi connectivity index (χ0n) is 11.1. The molecule has 6 heteroatoms. The molecule has 2 amide bonds. The third-order valence-electron chi connectivity index (χ3n) is 2.74. The molecule has 0 aliphatic heterocycles. The predicted octanol–water partition coefficient (Wildman–Crippen LogP) is 0.583. The Balaban J connectivity index is 2.06. The minimum atomic E-state index is -0.550. The average molecular weight is 281 g/mol. The van der Waals surface area contributed by atoms with Crippen molar-refractivity contribution in [3.63, 3.8) is 0 Å². The Bertz CT molecular complexity index is 734. The number of nitrogens with zero attached hydrogens (tertiary/aromatic N) is 2. The second-order valence-electron chi connectivity index (χ2n) is 4.37. The second kappa shape index (κ2) is 6.30. The zero-order chi connectivity index (χ0) is 15.2. The molecule has 21 heavy (non-hydrogen) atoms. The van der Waals surface area contributed by atoms with E-state index >= 15 is 0 Å². The fourth-order valence-electron chi connectivity index (χ4n) is 1.80. The second-order valence-corrected chi connectivity index (χ2v) is 4.37. The van der Waals surface area contributed by atoms with Crippen molar-refractivity contribution in [2.24, 2.45) is 5.73 Å². The Morgan fingerprint density at radius 1 is 1.29 bits per heavy atom. The number of carbonyl (C=O) groups excluding carboxylic acids is 2. The van der Waals surface area contributed by atoms with E-state index in [-0.39, 0.29) is 12.5 Å². The monoisotopic (exact) mass is 281 g/mol. The molecule has 1 heterocycles. The van der Waals surface area contributed by atoms with Crippen molar-refractivity contribution in [3.8, 4) is 6.07 Å². The maximum Gasteiger partial charge on any atom is 0.290 e. The molecule has 0 saturated heterocycles. The van der Waals surface area contributed by atoms with Gasteiger partial charge in [0.1, 0.15) is 5.56 Å². The topological polar surface area (TPSA) is 99.9 Å². The SMILES string of the molecule is N#Cc1cccc(NC(=O)C[n+]2cccc(C(N)=O)c2)c1. The van der Waals surface area contributed by atoms with Crippen molar-refractivity contribution < 1.29 is 14.2 Å². The number of benzene rings is 1. The first-order chi connectivity index (χ1) is 10.1. The highest BCUT2D eigenvalue weighted by molar-refractivity contribution is 5.92. The van der Waals surface area contributed by atoms with Gasteiger partial charge in [0.05, 0.1) is 11.6 Å². The molecule has 0 radical (unpaired) electrons. The molecule has 0 aliphatic rings. The number of carbonyl (C=O) groups is 2. The third-order valence-corrected chi connectivity index (χ3v) is 2.74. The summed E-state index contributed by atoms with van der Waals surface area (Å²) >= 11 is 0. The number of nitrogens with one attached hydrogen (secondary N) is 1. The fraction of sp³-hybridized carbons (Fsp3) is 0.0667. The number of hydrogen-bond donors (Lipinski definition) is 2. The number of pyridine rings is 1. The number of aromatic nitrogens is 1. The number of amides is 2. The molecule has 6 nitrogen and oxygen atoms in total. The first kappa shape index (κ1) is 14.2. The lowest BCUT2D eigenvalue weighted by Gasteiger charge is -2.03. The molecule has 0 unspecified atom stereocenters. The zero-order valence-corrected chi connectivity index (χ0v) is 11.1. The lowest BCUT2D eigenvalue weighted by atomic mass is 10.2. The largest absolute Gasteiger partial charge is 0.365 e. The van der Waals surface area contributed by atoms with E-state index in [9.17, 15) is 9.59 Å². The summed E-state index contributed by atoms with van der Waals surface area (Å²) < 4.78 is 1.56.